The molecular formula is C12H15N3. The summed E-state index contributed by atoms with van der Waals surface area (Å²) < 4.78 is 2.10. The molecule has 0 radical (unpaired) electrons. The number of nitrogens with two attached hydrogens (primary N) is 1. The van der Waals surface area contributed by atoms with Gasteiger partial charge in [-0.15, -0.1) is 0 Å². The Morgan fingerprint density at radius 2 is 2.20 bits per heavy atom. The summed E-state index contributed by atoms with van der Waals surface area (Å²) in [6, 6.07) is 8.12. The minimum Gasteiger partial charge on any atom is -0.330 e. The van der Waals surface area contributed by atoms with Crippen LogP contribution in [0.5, 0.6) is 0 Å². The molecule has 3 heteroatoms. The number of aromatic nitrogens is 2. The maximum atomic E-state index is 5.57. The van der Waals surface area contributed by atoms with Crippen LogP contribution in [0.25, 0.3) is 5.82 Å². The molecular weight excluding hydrogens is 186 g/mol. The standard InChI is InChI=1S/C12H15N3/c1-10-4-2-8-14-12(10)15-9-3-5-11(15)6-7-13/h2-5,8-9H,6-7,13H2,1H3. The Bertz CT molecular complexity index is 446. The summed E-state index contributed by atoms with van der Waals surface area (Å²) >= 11 is 0. The molecule has 0 saturated carbocycles. The highest BCUT2D eigenvalue weighted by Gasteiger charge is 2.05. The zero-order valence-electron chi connectivity index (χ0n) is 8.85. The lowest BCUT2D eigenvalue weighted by Gasteiger charge is -2.09. The smallest absolute Gasteiger partial charge is 0.139 e. The highest BCUT2D eigenvalue weighted by Crippen LogP contribution is 2.14. The molecule has 2 rings (SSSR count). The number of aryl methyl sites for hydroxylation is 1. The lowest BCUT2D eigenvalue weighted by Crippen LogP contribution is -2.09. The van der Waals surface area contributed by atoms with Gasteiger partial charge in [-0.25, -0.2) is 4.98 Å². The van der Waals surface area contributed by atoms with Crippen LogP contribution in [0.4, 0.5) is 0 Å². The van der Waals surface area contributed by atoms with E-state index in [9.17, 15) is 0 Å². The molecule has 78 valence electrons. The van der Waals surface area contributed by atoms with Crippen molar-refractivity contribution < 1.29 is 0 Å². The molecule has 2 N–H and O–H groups in total. The highest BCUT2D eigenvalue weighted by molar-refractivity contribution is 5.35. The number of rotatable bonds is 3. The van der Waals surface area contributed by atoms with Crippen LogP contribution < -0.4 is 5.73 Å². The molecule has 2 heterocycles. The summed E-state index contributed by atoms with van der Waals surface area (Å²) in [5.41, 5.74) is 7.95. The van der Waals surface area contributed by atoms with Crippen LogP contribution in [0.3, 0.4) is 0 Å². The minimum absolute atomic E-state index is 0.663. The van der Waals surface area contributed by atoms with Gasteiger partial charge in [0.05, 0.1) is 0 Å². The normalized spacial score (nSPS) is 10.5. The van der Waals surface area contributed by atoms with Crippen LogP contribution in [-0.4, -0.2) is 16.1 Å². The van der Waals surface area contributed by atoms with Crippen molar-refractivity contribution in [2.75, 3.05) is 6.54 Å². The van der Waals surface area contributed by atoms with E-state index >= 15 is 0 Å². The highest BCUT2D eigenvalue weighted by atomic mass is 15.1. The fourth-order valence-electron chi connectivity index (χ4n) is 1.70. The fourth-order valence-corrected chi connectivity index (χ4v) is 1.70. The SMILES string of the molecule is Cc1cccnc1-n1cccc1CCN. The number of nitrogens with zero attached hydrogens (tertiary/aromatic N) is 2. The van der Waals surface area contributed by atoms with Gasteiger partial charge in [0, 0.05) is 24.5 Å². The number of hydrogen-bond acceptors (Lipinski definition) is 2. The van der Waals surface area contributed by atoms with Gasteiger partial charge in [-0.2, -0.15) is 0 Å². The molecule has 0 aliphatic rings. The average Bonchev–Trinajstić information content (AvgIpc) is 2.67. The van der Waals surface area contributed by atoms with E-state index < -0.39 is 0 Å². The number of hydrogen-bond donors (Lipinski definition) is 1. The first-order chi connectivity index (χ1) is 7.33. The van der Waals surface area contributed by atoms with Crippen LogP contribution >= 0.6 is 0 Å². The third kappa shape index (κ3) is 1.92. The molecule has 2 aromatic rings. The second-order valence-electron chi connectivity index (χ2n) is 3.55. The molecule has 0 atom stereocenters. The zero-order chi connectivity index (χ0) is 10.7. The molecule has 0 aromatic carbocycles. The molecule has 3 nitrogen and oxygen atoms in total. The lowest BCUT2D eigenvalue weighted by molar-refractivity contribution is 0.852. The largest absolute Gasteiger partial charge is 0.330 e. The van der Waals surface area contributed by atoms with Crippen molar-refractivity contribution in [2.24, 2.45) is 5.73 Å². The van der Waals surface area contributed by atoms with Crippen LogP contribution in [-0.2, 0) is 6.42 Å². The molecule has 0 aliphatic carbocycles. The first-order valence-electron chi connectivity index (χ1n) is 5.11. The maximum absolute atomic E-state index is 5.57. The molecule has 0 spiro atoms. The molecule has 0 aliphatic heterocycles. The Balaban J connectivity index is 2.45. The van der Waals surface area contributed by atoms with Gasteiger partial charge in [-0.3, -0.25) is 0 Å². The van der Waals surface area contributed by atoms with Crippen LogP contribution in [0.1, 0.15) is 11.3 Å². The molecule has 0 saturated heterocycles. The third-order valence-electron chi connectivity index (χ3n) is 2.44. The molecule has 0 amide bonds. The summed E-state index contributed by atoms with van der Waals surface area (Å²) in [5, 5.41) is 0. The topological polar surface area (TPSA) is 43.8 Å². The quantitative estimate of drug-likeness (QED) is 0.821. The summed E-state index contributed by atoms with van der Waals surface area (Å²) in [6.07, 6.45) is 4.72. The summed E-state index contributed by atoms with van der Waals surface area (Å²) in [4.78, 5) is 4.39. The van der Waals surface area contributed by atoms with Gasteiger partial charge >= 0.3 is 0 Å². The van der Waals surface area contributed by atoms with Gasteiger partial charge in [0.1, 0.15) is 5.82 Å². The van der Waals surface area contributed by atoms with E-state index in [1.54, 1.807) is 0 Å². The first-order valence-corrected chi connectivity index (χ1v) is 5.11. The monoisotopic (exact) mass is 201 g/mol. The predicted octanol–water partition coefficient (Wildman–Crippen LogP) is 1.68. The van der Waals surface area contributed by atoms with Crippen molar-refractivity contribution in [3.63, 3.8) is 0 Å². The Kier molecular flexibility index (Phi) is 2.83. The maximum Gasteiger partial charge on any atom is 0.139 e. The van der Waals surface area contributed by atoms with Gasteiger partial charge in [0.25, 0.3) is 0 Å². The van der Waals surface area contributed by atoms with Crippen LogP contribution in [0.2, 0.25) is 0 Å². The summed E-state index contributed by atoms with van der Waals surface area (Å²) in [5.74, 6) is 0.992. The van der Waals surface area contributed by atoms with Crippen LogP contribution in [0.15, 0.2) is 36.7 Å². The van der Waals surface area contributed by atoms with Crippen molar-refractivity contribution >= 4 is 0 Å². The van der Waals surface area contributed by atoms with Crippen molar-refractivity contribution in [1.29, 1.82) is 0 Å². The van der Waals surface area contributed by atoms with Gasteiger partial charge < -0.3 is 10.3 Å². The van der Waals surface area contributed by atoms with E-state index in [1.165, 1.54) is 11.3 Å². The predicted molar refractivity (Wildman–Crippen MR) is 61.1 cm³/mol. The van der Waals surface area contributed by atoms with Crippen LogP contribution in [0, 0.1) is 6.92 Å². The average molecular weight is 201 g/mol. The fraction of sp³-hybridized carbons (Fsp3) is 0.250. The van der Waals surface area contributed by atoms with Gasteiger partial charge in [-0.05, 0) is 37.2 Å². The van der Waals surface area contributed by atoms with E-state index in [4.69, 9.17) is 5.73 Å². The molecule has 15 heavy (non-hydrogen) atoms. The summed E-state index contributed by atoms with van der Waals surface area (Å²) in [7, 11) is 0. The Hall–Kier alpha value is -1.61. The first kappa shape index (κ1) is 9.93. The number of pyridine rings is 1. The van der Waals surface area contributed by atoms with Crippen molar-refractivity contribution in [1.82, 2.24) is 9.55 Å². The molecule has 0 unspecified atom stereocenters. The van der Waals surface area contributed by atoms with Crippen molar-refractivity contribution in [3.8, 4) is 5.82 Å². The Morgan fingerprint density at radius 1 is 1.33 bits per heavy atom. The van der Waals surface area contributed by atoms with E-state index in [2.05, 4.69) is 28.6 Å². The van der Waals surface area contributed by atoms with Gasteiger partial charge in [0.2, 0.25) is 0 Å². The van der Waals surface area contributed by atoms with E-state index in [0.29, 0.717) is 6.54 Å². The molecule has 0 fully saturated rings. The second kappa shape index (κ2) is 4.28. The third-order valence-corrected chi connectivity index (χ3v) is 2.44. The van der Waals surface area contributed by atoms with Gasteiger partial charge in [-0.1, -0.05) is 6.07 Å². The molecule has 2 aromatic heterocycles. The lowest BCUT2D eigenvalue weighted by atomic mass is 10.2. The second-order valence-corrected chi connectivity index (χ2v) is 3.55. The molecule has 0 bridgehead atoms. The Morgan fingerprint density at radius 3 is 2.93 bits per heavy atom. The van der Waals surface area contributed by atoms with Crippen molar-refractivity contribution in [3.05, 3.63) is 47.9 Å². The Labute approximate surface area is 89.6 Å². The van der Waals surface area contributed by atoms with Gasteiger partial charge in [0.15, 0.2) is 0 Å². The van der Waals surface area contributed by atoms with Crippen molar-refractivity contribution in [2.45, 2.75) is 13.3 Å². The minimum atomic E-state index is 0.663. The van der Waals surface area contributed by atoms with E-state index in [0.717, 1.165) is 12.2 Å². The zero-order valence-corrected chi connectivity index (χ0v) is 8.85. The van der Waals surface area contributed by atoms with E-state index in [1.807, 2.05) is 24.5 Å². The van der Waals surface area contributed by atoms with E-state index in [-0.39, 0.29) is 0 Å². The summed E-state index contributed by atoms with van der Waals surface area (Å²) in [6.45, 7) is 2.73.